The summed E-state index contributed by atoms with van der Waals surface area (Å²) in [4.78, 5) is 21.3. The molecular formula is C21H12BrClN2O2. The van der Waals surface area contributed by atoms with Crippen molar-refractivity contribution in [3.8, 4) is 17.0 Å². The Bertz CT molecular complexity index is 1150. The van der Waals surface area contributed by atoms with Crippen LogP contribution in [0.1, 0.15) is 10.4 Å². The highest BCUT2D eigenvalue weighted by Gasteiger charge is 2.11. The van der Waals surface area contributed by atoms with Crippen molar-refractivity contribution >= 4 is 44.5 Å². The molecule has 132 valence electrons. The highest BCUT2D eigenvalue weighted by Crippen LogP contribution is 2.25. The smallest absolute Gasteiger partial charge is 0.343 e. The molecule has 4 nitrogen and oxygen atoms in total. The molecule has 0 aliphatic carbocycles. The number of rotatable bonds is 3. The first kappa shape index (κ1) is 17.6. The second kappa shape index (κ2) is 7.47. The molecule has 0 unspecified atom stereocenters. The summed E-state index contributed by atoms with van der Waals surface area (Å²) in [6.07, 6.45) is 1.73. The van der Waals surface area contributed by atoms with Crippen LogP contribution >= 0.6 is 27.5 Å². The lowest BCUT2D eigenvalue weighted by molar-refractivity contribution is 0.0734. The van der Waals surface area contributed by atoms with Crippen LogP contribution in [-0.4, -0.2) is 15.9 Å². The maximum atomic E-state index is 12.3. The molecule has 0 fully saturated rings. The Balaban J connectivity index is 1.54. The number of aromatic nitrogens is 2. The van der Waals surface area contributed by atoms with Crippen LogP contribution in [0.5, 0.6) is 5.75 Å². The summed E-state index contributed by atoms with van der Waals surface area (Å²) in [6, 6.07) is 19.7. The normalized spacial score (nSPS) is 10.7. The first-order valence-corrected chi connectivity index (χ1v) is 9.27. The highest BCUT2D eigenvalue weighted by atomic mass is 79.9. The van der Waals surface area contributed by atoms with Gasteiger partial charge >= 0.3 is 5.97 Å². The van der Waals surface area contributed by atoms with Gasteiger partial charge in [0.15, 0.2) is 0 Å². The van der Waals surface area contributed by atoms with Gasteiger partial charge in [-0.05, 0) is 70.5 Å². The lowest BCUT2D eigenvalue weighted by Gasteiger charge is -2.07. The van der Waals surface area contributed by atoms with E-state index in [4.69, 9.17) is 16.3 Å². The van der Waals surface area contributed by atoms with E-state index >= 15 is 0 Å². The monoisotopic (exact) mass is 438 g/mol. The van der Waals surface area contributed by atoms with Gasteiger partial charge in [-0.25, -0.2) is 9.78 Å². The van der Waals surface area contributed by atoms with Crippen molar-refractivity contribution in [2.24, 2.45) is 0 Å². The zero-order chi connectivity index (χ0) is 18.8. The van der Waals surface area contributed by atoms with Gasteiger partial charge in [0.25, 0.3) is 0 Å². The molecule has 1 aromatic heterocycles. The third-order valence-electron chi connectivity index (χ3n) is 3.96. The minimum Gasteiger partial charge on any atom is -0.423 e. The fourth-order valence-electron chi connectivity index (χ4n) is 2.58. The van der Waals surface area contributed by atoms with Crippen LogP contribution in [-0.2, 0) is 0 Å². The second-order valence-electron chi connectivity index (χ2n) is 5.79. The van der Waals surface area contributed by atoms with Gasteiger partial charge < -0.3 is 4.74 Å². The third-order valence-corrected chi connectivity index (χ3v) is 5.18. The van der Waals surface area contributed by atoms with Crippen LogP contribution in [0.25, 0.3) is 22.3 Å². The van der Waals surface area contributed by atoms with Crippen LogP contribution in [0.3, 0.4) is 0 Å². The minimum atomic E-state index is -0.453. The fourth-order valence-corrected chi connectivity index (χ4v) is 3.08. The molecular weight excluding hydrogens is 428 g/mol. The van der Waals surface area contributed by atoms with Crippen LogP contribution in [0, 0.1) is 0 Å². The minimum absolute atomic E-state index is 0.413. The summed E-state index contributed by atoms with van der Waals surface area (Å²) in [7, 11) is 0. The highest BCUT2D eigenvalue weighted by molar-refractivity contribution is 9.10. The summed E-state index contributed by atoms with van der Waals surface area (Å²) in [5.74, 6) is -0.00538. The van der Waals surface area contributed by atoms with Crippen molar-refractivity contribution in [3.63, 3.8) is 0 Å². The van der Waals surface area contributed by atoms with Gasteiger partial charge in [-0.1, -0.05) is 23.7 Å². The Morgan fingerprint density at radius 3 is 2.44 bits per heavy atom. The zero-order valence-corrected chi connectivity index (χ0v) is 16.2. The van der Waals surface area contributed by atoms with E-state index in [1.807, 2.05) is 36.4 Å². The lowest BCUT2D eigenvalue weighted by Crippen LogP contribution is -2.08. The van der Waals surface area contributed by atoms with E-state index in [1.54, 1.807) is 36.5 Å². The molecule has 0 saturated heterocycles. The maximum Gasteiger partial charge on any atom is 0.343 e. The summed E-state index contributed by atoms with van der Waals surface area (Å²) in [5.41, 5.74) is 3.74. The predicted octanol–water partition coefficient (Wildman–Crippen LogP) is 5.93. The standard InChI is InChI=1S/C21H12BrClN2O2/c22-16-11-14(7-10-17(16)23)21(26)27-15-8-5-13(6-9-15)20-12-24-18-3-1-2-4-19(18)25-20/h1-12H. The summed E-state index contributed by atoms with van der Waals surface area (Å²) < 4.78 is 6.06. The van der Waals surface area contributed by atoms with E-state index in [-0.39, 0.29) is 0 Å². The first-order valence-electron chi connectivity index (χ1n) is 8.09. The summed E-state index contributed by atoms with van der Waals surface area (Å²) >= 11 is 9.25. The molecule has 6 heteroatoms. The van der Waals surface area contributed by atoms with Gasteiger partial charge in [0.05, 0.1) is 33.5 Å². The molecule has 0 radical (unpaired) electrons. The summed E-state index contributed by atoms with van der Waals surface area (Å²) in [5, 5.41) is 0.535. The number of benzene rings is 3. The van der Waals surface area contributed by atoms with E-state index in [2.05, 4.69) is 25.9 Å². The average Bonchev–Trinajstić information content (AvgIpc) is 2.70. The molecule has 0 spiro atoms. The van der Waals surface area contributed by atoms with Gasteiger partial charge in [-0.3, -0.25) is 4.98 Å². The van der Waals surface area contributed by atoms with Gasteiger partial charge in [0.1, 0.15) is 5.75 Å². The SMILES string of the molecule is O=C(Oc1ccc(-c2cnc3ccccc3n2)cc1)c1ccc(Cl)c(Br)c1. The predicted molar refractivity (Wildman–Crippen MR) is 109 cm³/mol. The largest absolute Gasteiger partial charge is 0.423 e. The quantitative estimate of drug-likeness (QED) is 0.293. The van der Waals surface area contributed by atoms with Crippen molar-refractivity contribution in [1.82, 2.24) is 9.97 Å². The molecule has 0 aliphatic heterocycles. The fraction of sp³-hybridized carbons (Fsp3) is 0. The van der Waals surface area contributed by atoms with E-state index in [0.717, 1.165) is 22.3 Å². The Labute approximate surface area is 168 Å². The molecule has 0 N–H and O–H groups in total. The lowest BCUT2D eigenvalue weighted by atomic mass is 10.1. The topological polar surface area (TPSA) is 52.1 Å². The van der Waals surface area contributed by atoms with Gasteiger partial charge in [0, 0.05) is 10.0 Å². The summed E-state index contributed by atoms with van der Waals surface area (Å²) in [6.45, 7) is 0. The van der Waals surface area contributed by atoms with E-state index < -0.39 is 5.97 Å². The number of fused-ring (bicyclic) bond motifs is 1. The van der Waals surface area contributed by atoms with E-state index in [9.17, 15) is 4.79 Å². The van der Waals surface area contributed by atoms with Gasteiger partial charge in [-0.15, -0.1) is 0 Å². The Morgan fingerprint density at radius 1 is 0.963 bits per heavy atom. The number of esters is 1. The van der Waals surface area contributed by atoms with Crippen molar-refractivity contribution in [1.29, 1.82) is 0 Å². The van der Waals surface area contributed by atoms with Crippen molar-refractivity contribution in [2.45, 2.75) is 0 Å². The Morgan fingerprint density at radius 2 is 1.70 bits per heavy atom. The van der Waals surface area contributed by atoms with Crippen LogP contribution in [0.4, 0.5) is 0 Å². The third kappa shape index (κ3) is 3.84. The molecule has 0 bridgehead atoms. The molecule has 27 heavy (non-hydrogen) atoms. The Hall–Kier alpha value is -2.76. The van der Waals surface area contributed by atoms with Gasteiger partial charge in [-0.2, -0.15) is 0 Å². The molecule has 3 aromatic carbocycles. The first-order chi connectivity index (χ1) is 13.1. The van der Waals surface area contributed by atoms with E-state index in [0.29, 0.717) is 20.8 Å². The molecule has 4 aromatic rings. The molecule has 4 rings (SSSR count). The number of carbonyl (C=O) groups is 1. The molecule has 1 heterocycles. The number of halogens is 2. The molecule has 0 atom stereocenters. The molecule has 0 aliphatic rings. The van der Waals surface area contributed by atoms with Crippen molar-refractivity contribution < 1.29 is 9.53 Å². The van der Waals surface area contributed by atoms with Crippen LogP contribution < -0.4 is 4.74 Å². The number of para-hydroxylation sites is 2. The number of carbonyl (C=O) groups excluding carboxylic acids is 1. The maximum absolute atomic E-state index is 12.3. The second-order valence-corrected chi connectivity index (χ2v) is 7.05. The Kier molecular flexibility index (Phi) is 4.88. The molecule has 0 amide bonds. The van der Waals surface area contributed by atoms with Gasteiger partial charge in [0.2, 0.25) is 0 Å². The number of nitrogens with zero attached hydrogens (tertiary/aromatic N) is 2. The molecule has 0 saturated carbocycles. The van der Waals surface area contributed by atoms with E-state index in [1.165, 1.54) is 0 Å². The average molecular weight is 440 g/mol. The zero-order valence-electron chi connectivity index (χ0n) is 13.9. The van der Waals surface area contributed by atoms with Crippen molar-refractivity contribution in [2.75, 3.05) is 0 Å². The van der Waals surface area contributed by atoms with Crippen molar-refractivity contribution in [3.05, 3.63) is 88.0 Å². The van der Waals surface area contributed by atoms with Crippen LogP contribution in [0.2, 0.25) is 5.02 Å². The number of hydrogen-bond donors (Lipinski definition) is 0. The number of ether oxygens (including phenoxy) is 1. The van der Waals surface area contributed by atoms with Crippen LogP contribution in [0.15, 0.2) is 77.4 Å². The number of hydrogen-bond acceptors (Lipinski definition) is 4.